The fourth-order valence-corrected chi connectivity index (χ4v) is 3.04. The van der Waals surface area contributed by atoms with E-state index in [2.05, 4.69) is 0 Å². The molecule has 0 N–H and O–H groups in total. The highest BCUT2D eigenvalue weighted by molar-refractivity contribution is 5.92. The highest BCUT2D eigenvalue weighted by Gasteiger charge is 2.45. The average molecular weight is 294 g/mol. The molecule has 0 atom stereocenters. The molecule has 0 radical (unpaired) electrons. The van der Waals surface area contributed by atoms with Gasteiger partial charge in [-0.15, -0.1) is 0 Å². The summed E-state index contributed by atoms with van der Waals surface area (Å²) in [5, 5.41) is 0. The second kappa shape index (κ2) is 5.50. The maximum atomic E-state index is 14.8. The number of carbonyl (C=O) groups is 2. The van der Waals surface area contributed by atoms with Crippen LogP contribution in [0.25, 0.3) is 0 Å². The second-order valence-corrected chi connectivity index (χ2v) is 5.73. The van der Waals surface area contributed by atoms with Gasteiger partial charge in [-0.05, 0) is 25.0 Å². The van der Waals surface area contributed by atoms with Gasteiger partial charge < -0.3 is 14.2 Å². The number of halogens is 1. The van der Waals surface area contributed by atoms with E-state index in [1.54, 1.807) is 21.9 Å². The van der Waals surface area contributed by atoms with Gasteiger partial charge >= 0.3 is 0 Å². The van der Waals surface area contributed by atoms with E-state index < -0.39 is 11.6 Å². The predicted octanol–water partition coefficient (Wildman–Crippen LogP) is 1.85. The van der Waals surface area contributed by atoms with E-state index in [4.69, 9.17) is 4.42 Å². The van der Waals surface area contributed by atoms with Crippen LogP contribution in [0.3, 0.4) is 0 Å². The van der Waals surface area contributed by atoms with Gasteiger partial charge in [-0.1, -0.05) is 0 Å². The Morgan fingerprint density at radius 1 is 1.10 bits per heavy atom. The quantitative estimate of drug-likeness (QED) is 0.836. The first-order chi connectivity index (χ1) is 10.1. The van der Waals surface area contributed by atoms with Gasteiger partial charge in [0.2, 0.25) is 0 Å². The van der Waals surface area contributed by atoms with Crippen molar-refractivity contribution in [3.8, 4) is 0 Å². The fourth-order valence-electron chi connectivity index (χ4n) is 3.04. The molecule has 2 aliphatic heterocycles. The summed E-state index contributed by atoms with van der Waals surface area (Å²) in [7, 11) is 0. The van der Waals surface area contributed by atoms with Gasteiger partial charge in [0, 0.05) is 39.0 Å². The van der Waals surface area contributed by atoms with Crippen LogP contribution in [0, 0.1) is 0 Å². The summed E-state index contributed by atoms with van der Waals surface area (Å²) in [6.07, 6.45) is 3.47. The maximum Gasteiger partial charge on any atom is 0.289 e. The van der Waals surface area contributed by atoms with E-state index in [1.807, 2.05) is 0 Å². The minimum atomic E-state index is -1.82. The number of carbonyl (C=O) groups excluding carboxylic acids is 2. The highest BCUT2D eigenvalue weighted by Crippen LogP contribution is 2.30. The second-order valence-electron chi connectivity index (χ2n) is 5.73. The number of rotatable bonds is 2. The molecule has 2 saturated heterocycles. The van der Waals surface area contributed by atoms with Crippen LogP contribution in [-0.2, 0) is 4.79 Å². The SMILES string of the molecule is O=C(c1ccco1)N1CCC(F)(C(=O)N2CCCC2)CC1. The standard InChI is InChI=1S/C15H19FN2O3/c16-15(14(20)18-7-1-2-8-18)5-9-17(10-6-15)13(19)12-4-3-11-21-12/h3-4,11H,1-2,5-10H2. The average Bonchev–Trinajstić information content (AvgIpc) is 3.19. The summed E-state index contributed by atoms with van der Waals surface area (Å²) >= 11 is 0. The van der Waals surface area contributed by atoms with Crippen molar-refractivity contribution in [1.82, 2.24) is 9.80 Å². The van der Waals surface area contributed by atoms with Gasteiger partial charge in [-0.2, -0.15) is 0 Å². The number of hydrogen-bond acceptors (Lipinski definition) is 3. The Hall–Kier alpha value is -1.85. The molecule has 1 aromatic heterocycles. The normalized spacial score (nSPS) is 21.6. The predicted molar refractivity (Wildman–Crippen MR) is 73.5 cm³/mol. The van der Waals surface area contributed by atoms with Gasteiger partial charge in [-0.25, -0.2) is 4.39 Å². The van der Waals surface area contributed by atoms with E-state index in [1.165, 1.54) is 6.26 Å². The largest absolute Gasteiger partial charge is 0.459 e. The van der Waals surface area contributed by atoms with Crippen molar-refractivity contribution in [2.24, 2.45) is 0 Å². The van der Waals surface area contributed by atoms with Crippen LogP contribution in [0.2, 0.25) is 0 Å². The summed E-state index contributed by atoms with van der Waals surface area (Å²) in [5.74, 6) is -0.381. The molecule has 3 heterocycles. The molecule has 114 valence electrons. The minimum absolute atomic E-state index is 0.0643. The lowest BCUT2D eigenvalue weighted by molar-refractivity contribution is -0.145. The number of likely N-dealkylation sites (tertiary alicyclic amines) is 2. The van der Waals surface area contributed by atoms with E-state index in [0.717, 1.165) is 12.8 Å². The third-order valence-electron chi connectivity index (χ3n) is 4.35. The van der Waals surface area contributed by atoms with E-state index in [0.29, 0.717) is 13.1 Å². The van der Waals surface area contributed by atoms with Crippen LogP contribution in [0.1, 0.15) is 36.2 Å². The van der Waals surface area contributed by atoms with Gasteiger partial charge in [0.05, 0.1) is 6.26 Å². The summed E-state index contributed by atoms with van der Waals surface area (Å²) in [6, 6.07) is 3.24. The van der Waals surface area contributed by atoms with Crippen molar-refractivity contribution in [3.05, 3.63) is 24.2 Å². The Balaban J connectivity index is 1.61. The van der Waals surface area contributed by atoms with E-state index >= 15 is 0 Å². The van der Waals surface area contributed by atoms with Crippen LogP contribution >= 0.6 is 0 Å². The lowest BCUT2D eigenvalue weighted by Gasteiger charge is -2.37. The van der Waals surface area contributed by atoms with Crippen LogP contribution < -0.4 is 0 Å². The number of hydrogen-bond donors (Lipinski definition) is 0. The van der Waals surface area contributed by atoms with E-state index in [9.17, 15) is 14.0 Å². The van der Waals surface area contributed by atoms with Crippen LogP contribution in [0.4, 0.5) is 4.39 Å². The third-order valence-corrected chi connectivity index (χ3v) is 4.35. The van der Waals surface area contributed by atoms with Crippen molar-refractivity contribution < 1.29 is 18.4 Å². The molecule has 6 heteroatoms. The van der Waals surface area contributed by atoms with Gasteiger partial charge in [0.15, 0.2) is 11.4 Å². The van der Waals surface area contributed by atoms with Crippen LogP contribution in [0.5, 0.6) is 0 Å². The number of piperidine rings is 1. The summed E-state index contributed by atoms with van der Waals surface area (Å²) in [6.45, 7) is 1.80. The Labute approximate surface area is 122 Å². The van der Waals surface area contributed by atoms with Gasteiger partial charge in [0.1, 0.15) is 0 Å². The van der Waals surface area contributed by atoms with Crippen molar-refractivity contribution in [3.63, 3.8) is 0 Å². The molecule has 1 aromatic rings. The molecular weight excluding hydrogens is 275 g/mol. The Morgan fingerprint density at radius 2 is 1.76 bits per heavy atom. The molecule has 2 amide bonds. The Kier molecular flexibility index (Phi) is 3.69. The first-order valence-corrected chi connectivity index (χ1v) is 7.41. The van der Waals surface area contributed by atoms with Crippen molar-refractivity contribution in [2.75, 3.05) is 26.2 Å². The zero-order chi connectivity index (χ0) is 14.9. The molecule has 0 aromatic carbocycles. The number of alkyl halides is 1. The first-order valence-electron chi connectivity index (χ1n) is 7.41. The Morgan fingerprint density at radius 3 is 2.33 bits per heavy atom. The van der Waals surface area contributed by atoms with Crippen molar-refractivity contribution in [1.29, 1.82) is 0 Å². The monoisotopic (exact) mass is 294 g/mol. The van der Waals surface area contributed by atoms with E-state index in [-0.39, 0.29) is 37.6 Å². The highest BCUT2D eigenvalue weighted by atomic mass is 19.1. The summed E-state index contributed by atoms with van der Waals surface area (Å²) < 4.78 is 19.9. The molecule has 5 nitrogen and oxygen atoms in total. The molecule has 0 saturated carbocycles. The molecule has 21 heavy (non-hydrogen) atoms. The topological polar surface area (TPSA) is 53.8 Å². The Bertz CT molecular complexity index is 515. The summed E-state index contributed by atoms with van der Waals surface area (Å²) in [5.41, 5.74) is -1.82. The van der Waals surface area contributed by atoms with Crippen LogP contribution in [-0.4, -0.2) is 53.5 Å². The zero-order valence-electron chi connectivity index (χ0n) is 11.9. The molecule has 2 aliphatic rings. The number of amides is 2. The fraction of sp³-hybridized carbons (Fsp3) is 0.600. The smallest absolute Gasteiger partial charge is 0.289 e. The van der Waals surface area contributed by atoms with Crippen molar-refractivity contribution in [2.45, 2.75) is 31.4 Å². The molecular formula is C15H19FN2O3. The third kappa shape index (κ3) is 2.66. The maximum absolute atomic E-state index is 14.8. The molecule has 0 spiro atoms. The number of furan rings is 1. The first kappa shape index (κ1) is 14.1. The van der Waals surface area contributed by atoms with Crippen molar-refractivity contribution >= 4 is 11.8 Å². The summed E-state index contributed by atoms with van der Waals surface area (Å²) in [4.78, 5) is 27.5. The van der Waals surface area contributed by atoms with Gasteiger partial charge in [0.25, 0.3) is 11.8 Å². The molecule has 0 unspecified atom stereocenters. The molecule has 0 bridgehead atoms. The zero-order valence-corrected chi connectivity index (χ0v) is 11.9. The van der Waals surface area contributed by atoms with Crippen LogP contribution in [0.15, 0.2) is 22.8 Å². The lowest BCUT2D eigenvalue weighted by atomic mass is 9.91. The molecule has 0 aliphatic carbocycles. The number of nitrogens with zero attached hydrogens (tertiary/aromatic N) is 2. The molecule has 2 fully saturated rings. The molecule has 3 rings (SSSR count). The minimum Gasteiger partial charge on any atom is -0.459 e. The lowest BCUT2D eigenvalue weighted by Crippen LogP contribution is -2.52. The van der Waals surface area contributed by atoms with Gasteiger partial charge in [-0.3, -0.25) is 9.59 Å².